The van der Waals surface area contributed by atoms with Crippen LogP contribution in [0.3, 0.4) is 0 Å². The van der Waals surface area contributed by atoms with E-state index in [9.17, 15) is 8.42 Å². The van der Waals surface area contributed by atoms with E-state index in [4.69, 9.17) is 5.11 Å². The van der Waals surface area contributed by atoms with Crippen molar-refractivity contribution < 1.29 is 13.5 Å². The highest BCUT2D eigenvalue weighted by atomic mass is 32.2. The van der Waals surface area contributed by atoms with Gasteiger partial charge in [0, 0.05) is 20.1 Å². The zero-order valence-electron chi connectivity index (χ0n) is 6.32. The van der Waals surface area contributed by atoms with Gasteiger partial charge in [0.1, 0.15) is 0 Å². The van der Waals surface area contributed by atoms with Crippen molar-refractivity contribution in [3.63, 3.8) is 0 Å². The summed E-state index contributed by atoms with van der Waals surface area (Å²) >= 11 is 0. The van der Waals surface area contributed by atoms with Gasteiger partial charge in [-0.15, -0.1) is 0 Å². The van der Waals surface area contributed by atoms with Crippen LogP contribution in [0.2, 0.25) is 0 Å². The maximum atomic E-state index is 11.1. The molecule has 1 atom stereocenters. The number of hydrogen-bond acceptors (Lipinski definition) is 3. The highest BCUT2D eigenvalue weighted by molar-refractivity contribution is 7.87. The average molecular weight is 180 g/mol. The molecule has 1 heterocycles. The van der Waals surface area contributed by atoms with Crippen molar-refractivity contribution >= 4 is 10.2 Å². The number of rotatable bonds is 2. The lowest BCUT2D eigenvalue weighted by atomic mass is 10.3. The summed E-state index contributed by atoms with van der Waals surface area (Å²) in [6.07, 6.45) is 0.0269. The fourth-order valence-electron chi connectivity index (χ4n) is 1.06. The van der Waals surface area contributed by atoms with Gasteiger partial charge in [-0.25, -0.2) is 4.72 Å². The first-order valence-corrected chi connectivity index (χ1v) is 4.87. The Labute approximate surface area is 66.2 Å². The molecule has 0 aromatic carbocycles. The van der Waals surface area contributed by atoms with Crippen molar-refractivity contribution in [3.8, 4) is 0 Å². The highest BCUT2D eigenvalue weighted by Gasteiger charge is 2.28. The molecule has 1 unspecified atom stereocenters. The standard InChI is InChI=1S/C5H12N2O3S/c1-6-11(9,10)7-3-2-5(8)4-7/h5-6,8H,2-4H2,1H3. The minimum absolute atomic E-state index is 0.211. The molecule has 6 heteroatoms. The minimum Gasteiger partial charge on any atom is -0.392 e. The highest BCUT2D eigenvalue weighted by Crippen LogP contribution is 2.11. The van der Waals surface area contributed by atoms with Crippen molar-refractivity contribution in [2.24, 2.45) is 0 Å². The lowest BCUT2D eigenvalue weighted by Crippen LogP contribution is -2.37. The van der Waals surface area contributed by atoms with Crippen molar-refractivity contribution in [1.29, 1.82) is 0 Å². The summed E-state index contributed by atoms with van der Waals surface area (Å²) in [5.74, 6) is 0. The summed E-state index contributed by atoms with van der Waals surface area (Å²) in [6.45, 7) is 0.619. The van der Waals surface area contributed by atoms with E-state index in [1.54, 1.807) is 0 Å². The minimum atomic E-state index is -3.31. The Hall–Kier alpha value is -0.170. The van der Waals surface area contributed by atoms with E-state index >= 15 is 0 Å². The molecule has 0 saturated carbocycles. The number of β-amino-alcohol motifs (C(OH)–C–C–N with tert-alkyl or cyclic N) is 1. The van der Waals surface area contributed by atoms with Crippen LogP contribution in [-0.2, 0) is 10.2 Å². The van der Waals surface area contributed by atoms with E-state index in [0.717, 1.165) is 0 Å². The lowest BCUT2D eigenvalue weighted by molar-refractivity contribution is 0.189. The van der Waals surface area contributed by atoms with Gasteiger partial charge in [-0.3, -0.25) is 0 Å². The molecule has 11 heavy (non-hydrogen) atoms. The number of aliphatic hydroxyl groups is 1. The first-order chi connectivity index (χ1) is 5.06. The molecule has 5 nitrogen and oxygen atoms in total. The molecule has 1 fully saturated rings. The molecule has 0 bridgehead atoms. The second-order valence-corrected chi connectivity index (χ2v) is 4.38. The van der Waals surface area contributed by atoms with Crippen LogP contribution in [0.5, 0.6) is 0 Å². The fraction of sp³-hybridized carbons (Fsp3) is 1.00. The quantitative estimate of drug-likeness (QED) is 0.544. The average Bonchev–Trinajstić information content (AvgIpc) is 2.36. The Morgan fingerprint density at radius 1 is 1.64 bits per heavy atom. The van der Waals surface area contributed by atoms with Crippen LogP contribution in [0.1, 0.15) is 6.42 Å². The molecule has 0 aromatic rings. The number of hydrogen-bond donors (Lipinski definition) is 2. The lowest BCUT2D eigenvalue weighted by Gasteiger charge is -2.13. The third-order valence-corrected chi connectivity index (χ3v) is 3.25. The summed E-state index contributed by atoms with van der Waals surface area (Å²) < 4.78 is 25.5. The zero-order chi connectivity index (χ0) is 8.48. The van der Waals surface area contributed by atoms with Gasteiger partial charge in [0.05, 0.1) is 6.10 Å². The SMILES string of the molecule is CNS(=O)(=O)N1CCC(O)C1. The van der Waals surface area contributed by atoms with E-state index in [-0.39, 0.29) is 6.54 Å². The van der Waals surface area contributed by atoms with E-state index in [2.05, 4.69) is 4.72 Å². The van der Waals surface area contributed by atoms with Crippen LogP contribution in [0, 0.1) is 0 Å². The normalized spacial score (nSPS) is 27.6. The molecule has 1 saturated heterocycles. The van der Waals surface area contributed by atoms with Gasteiger partial charge in [0.25, 0.3) is 10.2 Å². The summed E-state index contributed by atoms with van der Waals surface area (Å²) in [7, 11) is -1.95. The third-order valence-electron chi connectivity index (χ3n) is 1.72. The Kier molecular flexibility index (Phi) is 2.48. The summed E-state index contributed by atoms with van der Waals surface area (Å²) in [5.41, 5.74) is 0. The number of nitrogens with one attached hydrogen (secondary N) is 1. The van der Waals surface area contributed by atoms with Gasteiger partial charge < -0.3 is 5.11 Å². The molecule has 66 valence electrons. The van der Waals surface area contributed by atoms with Crippen LogP contribution in [0.15, 0.2) is 0 Å². The van der Waals surface area contributed by atoms with Crippen LogP contribution in [0.4, 0.5) is 0 Å². The molecular formula is C5H12N2O3S. The largest absolute Gasteiger partial charge is 0.392 e. The van der Waals surface area contributed by atoms with Gasteiger partial charge in [-0.2, -0.15) is 12.7 Å². The molecule has 1 aliphatic rings. The predicted molar refractivity (Wildman–Crippen MR) is 40.2 cm³/mol. The second-order valence-electron chi connectivity index (χ2n) is 2.51. The van der Waals surface area contributed by atoms with Gasteiger partial charge in [0.2, 0.25) is 0 Å². The van der Waals surface area contributed by atoms with Gasteiger partial charge in [0.15, 0.2) is 0 Å². The fourth-order valence-corrected chi connectivity index (χ4v) is 2.03. The molecular weight excluding hydrogens is 168 g/mol. The molecule has 0 amide bonds. The summed E-state index contributed by atoms with van der Waals surface area (Å²) in [4.78, 5) is 0. The maximum Gasteiger partial charge on any atom is 0.279 e. The number of nitrogens with zero attached hydrogens (tertiary/aromatic N) is 1. The van der Waals surface area contributed by atoms with Crippen LogP contribution >= 0.6 is 0 Å². The third kappa shape index (κ3) is 1.90. The van der Waals surface area contributed by atoms with Crippen molar-refractivity contribution in [2.45, 2.75) is 12.5 Å². The Balaban J connectivity index is 2.64. The smallest absolute Gasteiger partial charge is 0.279 e. The summed E-state index contributed by atoms with van der Waals surface area (Å²) in [6, 6.07) is 0. The van der Waals surface area contributed by atoms with Crippen molar-refractivity contribution in [2.75, 3.05) is 20.1 Å². The van der Waals surface area contributed by atoms with Crippen LogP contribution in [0.25, 0.3) is 0 Å². The van der Waals surface area contributed by atoms with Gasteiger partial charge >= 0.3 is 0 Å². The molecule has 0 aliphatic carbocycles. The second kappa shape index (κ2) is 3.06. The first-order valence-electron chi connectivity index (χ1n) is 3.43. The van der Waals surface area contributed by atoms with Crippen LogP contribution < -0.4 is 4.72 Å². The van der Waals surface area contributed by atoms with Crippen molar-refractivity contribution in [3.05, 3.63) is 0 Å². The Bertz CT molecular complexity index is 226. The maximum absolute atomic E-state index is 11.1. The van der Waals surface area contributed by atoms with Gasteiger partial charge in [-0.05, 0) is 6.42 Å². The molecule has 0 radical (unpaired) electrons. The molecule has 0 aromatic heterocycles. The molecule has 1 aliphatic heterocycles. The van der Waals surface area contributed by atoms with Crippen molar-refractivity contribution in [1.82, 2.24) is 9.03 Å². The van der Waals surface area contributed by atoms with E-state index in [1.807, 2.05) is 0 Å². The van der Waals surface area contributed by atoms with E-state index in [1.165, 1.54) is 11.4 Å². The topological polar surface area (TPSA) is 69.6 Å². The zero-order valence-corrected chi connectivity index (χ0v) is 7.13. The van der Waals surface area contributed by atoms with E-state index in [0.29, 0.717) is 13.0 Å². The van der Waals surface area contributed by atoms with Crippen LogP contribution in [-0.4, -0.2) is 44.1 Å². The Morgan fingerprint density at radius 3 is 2.64 bits per heavy atom. The monoisotopic (exact) mass is 180 g/mol. The summed E-state index contributed by atoms with van der Waals surface area (Å²) in [5, 5.41) is 9.02. The molecule has 1 rings (SSSR count). The first kappa shape index (κ1) is 8.92. The predicted octanol–water partition coefficient (Wildman–Crippen LogP) is -1.48. The molecule has 0 spiro atoms. The Morgan fingerprint density at radius 2 is 2.27 bits per heavy atom. The molecule has 2 N–H and O–H groups in total. The van der Waals surface area contributed by atoms with E-state index < -0.39 is 16.3 Å². The van der Waals surface area contributed by atoms with Gasteiger partial charge in [-0.1, -0.05) is 0 Å². The number of aliphatic hydroxyl groups excluding tert-OH is 1.